The van der Waals surface area contributed by atoms with E-state index < -0.39 is 0 Å². The van der Waals surface area contributed by atoms with E-state index in [0.717, 1.165) is 12.0 Å². The maximum absolute atomic E-state index is 10.8. The number of nitrogens with one attached hydrogen (secondary N) is 1. The van der Waals surface area contributed by atoms with E-state index in [1.54, 1.807) is 10.9 Å². The standard InChI is InChI=1S/C8H13N3OS/c1-11-5-7(4-10-11)2-3-9-8(12)6-13/h4-5,13H,2-3,6H2,1H3,(H,9,12). The maximum Gasteiger partial charge on any atom is 0.229 e. The van der Waals surface area contributed by atoms with Crippen molar-refractivity contribution in [1.82, 2.24) is 15.1 Å². The smallest absolute Gasteiger partial charge is 0.229 e. The van der Waals surface area contributed by atoms with Crippen molar-refractivity contribution in [1.29, 1.82) is 0 Å². The van der Waals surface area contributed by atoms with Gasteiger partial charge in [0.25, 0.3) is 0 Å². The second-order valence-electron chi connectivity index (χ2n) is 2.78. The van der Waals surface area contributed by atoms with Crippen LogP contribution in [-0.4, -0.2) is 28.0 Å². The number of carbonyl (C=O) groups excluding carboxylic acids is 1. The third kappa shape index (κ3) is 3.50. The fourth-order valence-electron chi connectivity index (χ4n) is 1.00. The Hall–Kier alpha value is -0.970. The van der Waals surface area contributed by atoms with Crippen LogP contribution >= 0.6 is 12.6 Å². The molecule has 72 valence electrons. The average molecular weight is 199 g/mol. The van der Waals surface area contributed by atoms with Gasteiger partial charge in [-0.05, 0) is 12.0 Å². The number of nitrogens with zero attached hydrogens (tertiary/aromatic N) is 2. The Morgan fingerprint density at radius 3 is 3.08 bits per heavy atom. The first-order valence-corrected chi connectivity index (χ1v) is 4.70. The molecule has 1 aromatic rings. The summed E-state index contributed by atoms with van der Waals surface area (Å²) < 4.78 is 1.75. The van der Waals surface area contributed by atoms with Crippen LogP contribution in [0.15, 0.2) is 12.4 Å². The molecule has 0 radical (unpaired) electrons. The number of rotatable bonds is 4. The monoisotopic (exact) mass is 199 g/mol. The zero-order chi connectivity index (χ0) is 9.68. The molecule has 0 atom stereocenters. The lowest BCUT2D eigenvalue weighted by atomic mass is 10.2. The van der Waals surface area contributed by atoms with E-state index in [1.807, 2.05) is 13.2 Å². The van der Waals surface area contributed by atoms with Gasteiger partial charge in [0.1, 0.15) is 0 Å². The number of hydrogen-bond donors (Lipinski definition) is 2. The molecule has 0 unspecified atom stereocenters. The molecule has 1 rings (SSSR count). The fourth-order valence-corrected chi connectivity index (χ4v) is 1.11. The summed E-state index contributed by atoms with van der Waals surface area (Å²) >= 11 is 3.85. The van der Waals surface area contributed by atoms with Gasteiger partial charge in [-0.1, -0.05) is 0 Å². The molecule has 0 aliphatic rings. The molecule has 0 saturated carbocycles. The van der Waals surface area contributed by atoms with Crippen molar-refractivity contribution < 1.29 is 4.79 Å². The Bertz CT molecular complexity index is 285. The van der Waals surface area contributed by atoms with Crippen LogP contribution in [0.25, 0.3) is 0 Å². The van der Waals surface area contributed by atoms with Crippen molar-refractivity contribution >= 4 is 18.5 Å². The lowest BCUT2D eigenvalue weighted by molar-refractivity contribution is -0.118. The van der Waals surface area contributed by atoms with Gasteiger partial charge in [0.05, 0.1) is 11.9 Å². The summed E-state index contributed by atoms with van der Waals surface area (Å²) in [6.07, 6.45) is 4.55. The van der Waals surface area contributed by atoms with Crippen molar-refractivity contribution in [3.8, 4) is 0 Å². The molecule has 1 heterocycles. The van der Waals surface area contributed by atoms with Crippen LogP contribution in [0, 0.1) is 0 Å². The molecular formula is C8H13N3OS. The first-order chi connectivity index (χ1) is 6.22. The summed E-state index contributed by atoms with van der Waals surface area (Å²) in [5, 5.41) is 6.76. The van der Waals surface area contributed by atoms with Gasteiger partial charge in [0, 0.05) is 19.8 Å². The normalized spacial score (nSPS) is 10.0. The highest BCUT2D eigenvalue weighted by Crippen LogP contribution is 1.95. The predicted molar refractivity (Wildman–Crippen MR) is 53.8 cm³/mol. The minimum atomic E-state index is -0.0350. The number of aryl methyl sites for hydroxylation is 1. The number of aromatic nitrogens is 2. The molecule has 1 amide bonds. The Morgan fingerprint density at radius 1 is 1.77 bits per heavy atom. The molecule has 0 aliphatic heterocycles. The minimum absolute atomic E-state index is 0.0350. The van der Waals surface area contributed by atoms with Gasteiger partial charge in [-0.2, -0.15) is 17.7 Å². The fraction of sp³-hybridized carbons (Fsp3) is 0.500. The lowest BCUT2D eigenvalue weighted by Crippen LogP contribution is -2.26. The van der Waals surface area contributed by atoms with E-state index in [1.165, 1.54) is 0 Å². The zero-order valence-corrected chi connectivity index (χ0v) is 8.42. The highest BCUT2D eigenvalue weighted by molar-refractivity contribution is 7.81. The SMILES string of the molecule is Cn1cc(CCNC(=O)CS)cn1. The van der Waals surface area contributed by atoms with Crippen LogP contribution in [-0.2, 0) is 18.3 Å². The highest BCUT2D eigenvalue weighted by Gasteiger charge is 1.98. The molecule has 0 aliphatic carbocycles. The minimum Gasteiger partial charge on any atom is -0.355 e. The first kappa shape index (κ1) is 10.1. The van der Waals surface area contributed by atoms with Gasteiger partial charge in [0.15, 0.2) is 0 Å². The Kier molecular flexibility index (Phi) is 3.82. The quantitative estimate of drug-likeness (QED) is 0.671. The van der Waals surface area contributed by atoms with Crippen LogP contribution in [0.5, 0.6) is 0 Å². The van der Waals surface area contributed by atoms with Gasteiger partial charge in [-0.25, -0.2) is 0 Å². The molecule has 0 aromatic carbocycles. The first-order valence-electron chi connectivity index (χ1n) is 4.07. The van der Waals surface area contributed by atoms with E-state index in [0.29, 0.717) is 6.54 Å². The van der Waals surface area contributed by atoms with Gasteiger partial charge >= 0.3 is 0 Å². The summed E-state index contributed by atoms with van der Waals surface area (Å²) in [5.41, 5.74) is 1.13. The van der Waals surface area contributed by atoms with Crippen LogP contribution in [0.4, 0.5) is 0 Å². The van der Waals surface area contributed by atoms with Crippen molar-refractivity contribution in [2.24, 2.45) is 7.05 Å². The van der Waals surface area contributed by atoms with Crippen molar-refractivity contribution in [3.05, 3.63) is 18.0 Å². The van der Waals surface area contributed by atoms with E-state index in [-0.39, 0.29) is 11.7 Å². The van der Waals surface area contributed by atoms with Gasteiger partial charge < -0.3 is 5.32 Å². The number of hydrogen-bond acceptors (Lipinski definition) is 3. The summed E-state index contributed by atoms with van der Waals surface area (Å²) in [5.74, 6) is 0.208. The largest absolute Gasteiger partial charge is 0.355 e. The third-order valence-corrected chi connectivity index (χ3v) is 1.93. The summed E-state index contributed by atoms with van der Waals surface area (Å²) in [4.78, 5) is 10.8. The molecular weight excluding hydrogens is 186 g/mol. The van der Waals surface area contributed by atoms with Crippen LogP contribution in [0.2, 0.25) is 0 Å². The van der Waals surface area contributed by atoms with Crippen LogP contribution in [0.1, 0.15) is 5.56 Å². The van der Waals surface area contributed by atoms with Gasteiger partial charge in [-0.15, -0.1) is 0 Å². The van der Waals surface area contributed by atoms with Crippen LogP contribution in [0.3, 0.4) is 0 Å². The number of amides is 1. The van der Waals surface area contributed by atoms with Gasteiger partial charge in [0.2, 0.25) is 5.91 Å². The molecule has 0 bridgehead atoms. The summed E-state index contributed by atoms with van der Waals surface area (Å²) in [6, 6.07) is 0. The van der Waals surface area contributed by atoms with E-state index >= 15 is 0 Å². The molecule has 0 fully saturated rings. The Balaban J connectivity index is 2.24. The molecule has 13 heavy (non-hydrogen) atoms. The topological polar surface area (TPSA) is 46.9 Å². The zero-order valence-electron chi connectivity index (χ0n) is 7.53. The van der Waals surface area contributed by atoms with E-state index in [2.05, 4.69) is 23.0 Å². The average Bonchev–Trinajstić information content (AvgIpc) is 2.51. The van der Waals surface area contributed by atoms with Crippen molar-refractivity contribution in [2.45, 2.75) is 6.42 Å². The van der Waals surface area contributed by atoms with Crippen molar-refractivity contribution in [3.63, 3.8) is 0 Å². The van der Waals surface area contributed by atoms with E-state index in [9.17, 15) is 4.79 Å². The number of thiol groups is 1. The second-order valence-corrected chi connectivity index (χ2v) is 3.10. The summed E-state index contributed by atoms with van der Waals surface area (Å²) in [6.45, 7) is 0.644. The third-order valence-electron chi connectivity index (χ3n) is 1.64. The predicted octanol–water partition coefficient (Wildman–Crippen LogP) is 0.00860. The molecule has 1 aromatic heterocycles. The van der Waals surface area contributed by atoms with E-state index in [4.69, 9.17) is 0 Å². The molecule has 0 spiro atoms. The molecule has 1 N–H and O–H groups in total. The Labute approximate surface area is 82.7 Å². The summed E-state index contributed by atoms with van der Waals surface area (Å²) in [7, 11) is 1.87. The maximum atomic E-state index is 10.8. The molecule has 4 nitrogen and oxygen atoms in total. The lowest BCUT2D eigenvalue weighted by Gasteiger charge is -2.00. The molecule has 5 heteroatoms. The highest BCUT2D eigenvalue weighted by atomic mass is 32.1. The second kappa shape index (κ2) is 4.91. The molecule has 0 saturated heterocycles. The van der Waals surface area contributed by atoms with Crippen molar-refractivity contribution in [2.75, 3.05) is 12.3 Å². The van der Waals surface area contributed by atoms with Gasteiger partial charge in [-0.3, -0.25) is 9.48 Å². The number of carbonyl (C=O) groups is 1. The van der Waals surface area contributed by atoms with Crippen LogP contribution < -0.4 is 5.32 Å². The Morgan fingerprint density at radius 2 is 2.54 bits per heavy atom.